The van der Waals surface area contributed by atoms with E-state index in [4.69, 9.17) is 9.73 Å². The molecule has 0 unspecified atom stereocenters. The molecule has 0 atom stereocenters. The van der Waals surface area contributed by atoms with Crippen LogP contribution in [0.5, 0.6) is 0 Å². The molecule has 2 rings (SSSR count). The summed E-state index contributed by atoms with van der Waals surface area (Å²) in [6.07, 6.45) is 10.3. The lowest BCUT2D eigenvalue weighted by molar-refractivity contribution is 0.225. The number of hydrogen-bond acceptors (Lipinski definition) is 3. The molecule has 1 aliphatic carbocycles. The molecule has 0 aliphatic heterocycles. The molecule has 0 spiro atoms. The number of aryl methyl sites for hydroxylation is 1. The van der Waals surface area contributed by atoms with Crippen LogP contribution in [0, 0.1) is 6.92 Å². The molecule has 1 heterocycles. The Labute approximate surface area is 130 Å². The molecule has 0 saturated carbocycles. The predicted molar refractivity (Wildman–Crippen MR) is 93.0 cm³/mol. The van der Waals surface area contributed by atoms with E-state index in [0.717, 1.165) is 17.0 Å². The Morgan fingerprint density at radius 2 is 2.05 bits per heavy atom. The van der Waals surface area contributed by atoms with Crippen molar-refractivity contribution in [2.75, 3.05) is 13.7 Å². The minimum Gasteiger partial charge on any atom is -0.380 e. The summed E-state index contributed by atoms with van der Waals surface area (Å²) in [7, 11) is 1.72. The van der Waals surface area contributed by atoms with Crippen LogP contribution in [0.3, 0.4) is 0 Å². The maximum Gasteiger partial charge on any atom is 0.0766 e. The van der Waals surface area contributed by atoms with Gasteiger partial charge >= 0.3 is 0 Å². The van der Waals surface area contributed by atoms with Crippen LogP contribution in [0.4, 0.5) is 0 Å². The third kappa shape index (κ3) is 3.90. The van der Waals surface area contributed by atoms with Gasteiger partial charge in [-0.2, -0.15) is 0 Å². The third-order valence-corrected chi connectivity index (χ3v) is 4.26. The molecule has 0 amide bonds. The number of hydrogen-bond donors (Lipinski definition) is 0. The highest BCUT2D eigenvalue weighted by molar-refractivity contribution is 7.13. The number of nitrogens with zero attached hydrogens (tertiary/aromatic N) is 1. The molecule has 0 N–H and O–H groups in total. The fraction of sp³-hybridized carbons (Fsp3) is 0.278. The predicted octanol–water partition coefficient (Wildman–Crippen LogP) is 4.95. The van der Waals surface area contributed by atoms with E-state index in [1.165, 1.54) is 15.3 Å². The van der Waals surface area contributed by atoms with Gasteiger partial charge in [0, 0.05) is 17.6 Å². The second kappa shape index (κ2) is 7.34. The van der Waals surface area contributed by atoms with Crippen molar-refractivity contribution in [2.24, 2.45) is 4.99 Å². The molecule has 1 aromatic rings. The van der Waals surface area contributed by atoms with Gasteiger partial charge in [0.25, 0.3) is 0 Å². The van der Waals surface area contributed by atoms with E-state index in [-0.39, 0.29) is 0 Å². The highest BCUT2D eigenvalue weighted by atomic mass is 32.1. The zero-order valence-electron chi connectivity index (χ0n) is 13.0. The number of allylic oxidation sites excluding steroid dienone is 6. The molecule has 0 aromatic carbocycles. The van der Waals surface area contributed by atoms with Crippen molar-refractivity contribution in [3.8, 4) is 0 Å². The monoisotopic (exact) mass is 299 g/mol. The van der Waals surface area contributed by atoms with Crippen LogP contribution in [-0.4, -0.2) is 19.4 Å². The quantitative estimate of drug-likeness (QED) is 0.771. The molecule has 1 aromatic heterocycles. The van der Waals surface area contributed by atoms with Gasteiger partial charge in [0.15, 0.2) is 0 Å². The average Bonchev–Trinajstić information content (AvgIpc) is 2.91. The van der Waals surface area contributed by atoms with Crippen LogP contribution in [0.2, 0.25) is 0 Å². The first-order valence-corrected chi connectivity index (χ1v) is 7.83. The highest BCUT2D eigenvalue weighted by Gasteiger charge is 2.10. The Morgan fingerprint density at radius 3 is 2.67 bits per heavy atom. The van der Waals surface area contributed by atoms with Gasteiger partial charge in [-0.3, -0.25) is 0 Å². The zero-order valence-corrected chi connectivity index (χ0v) is 13.8. The van der Waals surface area contributed by atoms with E-state index >= 15 is 0 Å². The van der Waals surface area contributed by atoms with Gasteiger partial charge in [-0.25, -0.2) is 4.99 Å². The van der Waals surface area contributed by atoms with Gasteiger partial charge in [0.1, 0.15) is 0 Å². The van der Waals surface area contributed by atoms with Crippen molar-refractivity contribution < 1.29 is 4.74 Å². The lowest BCUT2D eigenvalue weighted by Crippen LogP contribution is -2.06. The van der Waals surface area contributed by atoms with E-state index in [2.05, 4.69) is 44.2 Å². The molecule has 0 bridgehead atoms. The van der Waals surface area contributed by atoms with Crippen molar-refractivity contribution in [3.63, 3.8) is 0 Å². The minimum atomic E-state index is 0.621. The van der Waals surface area contributed by atoms with Gasteiger partial charge < -0.3 is 4.74 Å². The van der Waals surface area contributed by atoms with Crippen LogP contribution in [0.25, 0.3) is 5.70 Å². The fourth-order valence-electron chi connectivity index (χ4n) is 2.19. The largest absolute Gasteiger partial charge is 0.380 e. The van der Waals surface area contributed by atoms with E-state index in [9.17, 15) is 0 Å². The summed E-state index contributed by atoms with van der Waals surface area (Å²) >= 11 is 1.77. The fourth-order valence-corrected chi connectivity index (χ4v) is 3.08. The summed E-state index contributed by atoms with van der Waals surface area (Å²) in [6, 6.07) is 4.26. The molecular formula is C18H21NOS. The van der Waals surface area contributed by atoms with E-state index < -0.39 is 0 Å². The van der Waals surface area contributed by atoms with E-state index in [1.807, 2.05) is 19.1 Å². The number of thiophene rings is 1. The van der Waals surface area contributed by atoms with Gasteiger partial charge in [0.05, 0.1) is 22.9 Å². The summed E-state index contributed by atoms with van der Waals surface area (Å²) < 4.78 is 5.24. The van der Waals surface area contributed by atoms with Crippen LogP contribution in [0.15, 0.2) is 58.7 Å². The Hall–Kier alpha value is -1.71. The minimum absolute atomic E-state index is 0.621. The zero-order chi connectivity index (χ0) is 15.2. The lowest BCUT2D eigenvalue weighted by atomic mass is 10.00. The lowest BCUT2D eigenvalue weighted by Gasteiger charge is -2.12. The highest BCUT2D eigenvalue weighted by Crippen LogP contribution is 2.26. The first kappa shape index (κ1) is 15.7. The van der Waals surface area contributed by atoms with Crippen LogP contribution < -0.4 is 0 Å². The number of rotatable bonds is 4. The Balaban J connectivity index is 2.39. The van der Waals surface area contributed by atoms with Gasteiger partial charge in [-0.05, 0) is 44.6 Å². The number of methoxy groups -OCH3 is 1. The molecule has 110 valence electrons. The second-order valence-corrected chi connectivity index (χ2v) is 6.21. The first-order chi connectivity index (χ1) is 10.2. The van der Waals surface area contributed by atoms with Crippen molar-refractivity contribution in [2.45, 2.75) is 20.8 Å². The smallest absolute Gasteiger partial charge is 0.0766 e. The number of ether oxygens (including phenoxy) is 1. The first-order valence-electron chi connectivity index (χ1n) is 7.01. The Kier molecular flexibility index (Phi) is 5.48. The van der Waals surface area contributed by atoms with Crippen molar-refractivity contribution in [1.82, 2.24) is 0 Å². The summed E-state index contributed by atoms with van der Waals surface area (Å²) in [5.74, 6) is 0. The second-order valence-electron chi connectivity index (χ2n) is 4.93. The van der Waals surface area contributed by atoms with Crippen molar-refractivity contribution >= 4 is 22.7 Å². The maximum absolute atomic E-state index is 5.24. The number of aliphatic imine (C=N–C) groups is 1. The summed E-state index contributed by atoms with van der Waals surface area (Å²) in [6.45, 7) is 6.85. The van der Waals surface area contributed by atoms with Crippen molar-refractivity contribution in [3.05, 3.63) is 63.4 Å². The molecule has 1 aliphatic rings. The summed E-state index contributed by atoms with van der Waals surface area (Å²) in [5.41, 5.74) is 4.35. The normalized spacial score (nSPS) is 19.4. The molecule has 2 nitrogen and oxygen atoms in total. The molecular weight excluding hydrogens is 278 g/mol. The SMILES string of the molecule is C\C=C(/N=C1\C=CC=C\C1=C(\C)COC)c1ccc(C)s1. The van der Waals surface area contributed by atoms with Crippen LogP contribution >= 0.6 is 11.3 Å². The molecule has 0 radical (unpaired) electrons. The van der Waals surface area contributed by atoms with Gasteiger partial charge in [0.2, 0.25) is 0 Å². The Bertz CT molecular complexity index is 657. The average molecular weight is 299 g/mol. The van der Waals surface area contributed by atoms with Gasteiger partial charge in [-0.1, -0.05) is 24.3 Å². The molecule has 0 saturated heterocycles. The van der Waals surface area contributed by atoms with Gasteiger partial charge in [-0.15, -0.1) is 11.3 Å². The molecule has 21 heavy (non-hydrogen) atoms. The molecule has 0 fully saturated rings. The maximum atomic E-state index is 5.24. The summed E-state index contributed by atoms with van der Waals surface area (Å²) in [5, 5.41) is 0. The Morgan fingerprint density at radius 1 is 1.29 bits per heavy atom. The van der Waals surface area contributed by atoms with Crippen LogP contribution in [-0.2, 0) is 4.74 Å². The summed E-state index contributed by atoms with van der Waals surface area (Å²) in [4.78, 5) is 7.36. The standard InChI is InChI=1S/C18H21NOS/c1-5-16(18-11-10-14(3)21-18)19-17-9-7-6-8-15(17)13(2)12-20-4/h5-11H,12H2,1-4H3/b15-13+,16-5-,19-17+. The van der Waals surface area contributed by atoms with E-state index in [1.54, 1.807) is 18.4 Å². The molecule has 3 heteroatoms. The van der Waals surface area contributed by atoms with Crippen molar-refractivity contribution in [1.29, 1.82) is 0 Å². The van der Waals surface area contributed by atoms with E-state index in [0.29, 0.717) is 6.61 Å². The topological polar surface area (TPSA) is 21.6 Å². The van der Waals surface area contributed by atoms with Crippen LogP contribution in [0.1, 0.15) is 23.6 Å². The third-order valence-electron chi connectivity index (χ3n) is 3.23.